The zero-order chi connectivity index (χ0) is 20.1. The molecule has 0 aliphatic carbocycles. The number of piperidine rings is 2. The molecule has 3 aliphatic rings. The SMILES string of the molecule is O=C1CCN(C(=O)[C@H]2CCCN(C3CCN(Cc4ccccc4)CC3)C2)CCN1. The van der Waals surface area contributed by atoms with Gasteiger partial charge in [0.1, 0.15) is 0 Å². The van der Waals surface area contributed by atoms with Gasteiger partial charge in [-0.25, -0.2) is 0 Å². The van der Waals surface area contributed by atoms with E-state index in [-0.39, 0.29) is 17.7 Å². The lowest BCUT2D eigenvalue weighted by atomic mass is 9.92. The summed E-state index contributed by atoms with van der Waals surface area (Å²) < 4.78 is 0. The third kappa shape index (κ3) is 5.37. The van der Waals surface area contributed by atoms with E-state index < -0.39 is 0 Å². The van der Waals surface area contributed by atoms with Gasteiger partial charge in [-0.05, 0) is 50.9 Å². The van der Waals surface area contributed by atoms with Gasteiger partial charge < -0.3 is 10.2 Å². The molecule has 1 N–H and O–H groups in total. The maximum Gasteiger partial charge on any atom is 0.227 e. The molecule has 0 saturated carbocycles. The normalized spacial score (nSPS) is 25.4. The van der Waals surface area contributed by atoms with Crippen LogP contribution in [0.1, 0.15) is 37.7 Å². The van der Waals surface area contributed by atoms with Gasteiger partial charge in [0.15, 0.2) is 0 Å². The number of hydrogen-bond donors (Lipinski definition) is 1. The van der Waals surface area contributed by atoms with Gasteiger partial charge in [-0.15, -0.1) is 0 Å². The van der Waals surface area contributed by atoms with E-state index in [1.165, 1.54) is 18.4 Å². The molecule has 3 aliphatic heterocycles. The lowest BCUT2D eigenvalue weighted by Crippen LogP contribution is -2.51. The van der Waals surface area contributed by atoms with Gasteiger partial charge in [0.05, 0.1) is 5.92 Å². The van der Waals surface area contributed by atoms with E-state index in [4.69, 9.17) is 0 Å². The largest absolute Gasteiger partial charge is 0.354 e. The zero-order valence-corrected chi connectivity index (χ0v) is 17.4. The molecule has 0 spiro atoms. The third-order valence-electron chi connectivity index (χ3n) is 6.75. The van der Waals surface area contributed by atoms with E-state index in [1.807, 2.05) is 4.90 Å². The fourth-order valence-electron chi connectivity index (χ4n) is 5.07. The molecule has 1 aromatic rings. The summed E-state index contributed by atoms with van der Waals surface area (Å²) in [5.74, 6) is 0.417. The highest BCUT2D eigenvalue weighted by Gasteiger charge is 2.33. The van der Waals surface area contributed by atoms with Gasteiger partial charge in [0.25, 0.3) is 0 Å². The van der Waals surface area contributed by atoms with Gasteiger partial charge in [0, 0.05) is 45.2 Å². The summed E-state index contributed by atoms with van der Waals surface area (Å²) in [6.45, 7) is 7.12. The van der Waals surface area contributed by atoms with Crippen molar-refractivity contribution in [1.82, 2.24) is 20.0 Å². The molecule has 0 bridgehead atoms. The predicted octanol–water partition coefficient (Wildman–Crippen LogP) is 1.71. The van der Waals surface area contributed by atoms with Crippen LogP contribution < -0.4 is 5.32 Å². The Balaban J connectivity index is 1.26. The van der Waals surface area contributed by atoms with Gasteiger partial charge in [0.2, 0.25) is 11.8 Å². The Bertz CT molecular complexity index is 687. The van der Waals surface area contributed by atoms with E-state index in [0.717, 1.165) is 45.6 Å². The highest BCUT2D eigenvalue weighted by Crippen LogP contribution is 2.26. The summed E-state index contributed by atoms with van der Waals surface area (Å²) in [7, 11) is 0. The van der Waals surface area contributed by atoms with Crippen molar-refractivity contribution in [2.45, 2.75) is 44.7 Å². The zero-order valence-electron chi connectivity index (χ0n) is 17.4. The van der Waals surface area contributed by atoms with E-state index in [0.29, 0.717) is 32.1 Å². The monoisotopic (exact) mass is 398 g/mol. The molecule has 3 fully saturated rings. The van der Waals surface area contributed by atoms with Crippen LogP contribution in [0.15, 0.2) is 30.3 Å². The van der Waals surface area contributed by atoms with Crippen LogP contribution in [-0.2, 0) is 16.1 Å². The predicted molar refractivity (Wildman–Crippen MR) is 113 cm³/mol. The topological polar surface area (TPSA) is 55.9 Å². The summed E-state index contributed by atoms with van der Waals surface area (Å²) in [5.41, 5.74) is 1.39. The molecular weight excluding hydrogens is 364 g/mol. The Kier molecular flexibility index (Phi) is 6.82. The molecule has 1 atom stereocenters. The molecule has 4 rings (SSSR count). The Labute approximate surface area is 174 Å². The van der Waals surface area contributed by atoms with E-state index in [2.05, 4.69) is 45.4 Å². The minimum atomic E-state index is 0.0628. The average Bonchev–Trinajstić information content (AvgIpc) is 2.99. The maximum absolute atomic E-state index is 13.0. The summed E-state index contributed by atoms with van der Waals surface area (Å²) in [6, 6.07) is 11.3. The van der Waals surface area contributed by atoms with Crippen LogP contribution in [0.4, 0.5) is 0 Å². The highest BCUT2D eigenvalue weighted by molar-refractivity contribution is 5.81. The lowest BCUT2D eigenvalue weighted by molar-refractivity contribution is -0.137. The van der Waals surface area contributed by atoms with Crippen LogP contribution in [0.3, 0.4) is 0 Å². The van der Waals surface area contributed by atoms with Gasteiger partial charge in [-0.1, -0.05) is 30.3 Å². The van der Waals surface area contributed by atoms with Crippen molar-refractivity contribution in [2.24, 2.45) is 5.92 Å². The van der Waals surface area contributed by atoms with Crippen molar-refractivity contribution in [3.05, 3.63) is 35.9 Å². The summed E-state index contributed by atoms with van der Waals surface area (Å²) in [5, 5.41) is 2.87. The Morgan fingerprint density at radius 1 is 1.00 bits per heavy atom. The number of carbonyl (C=O) groups is 2. The van der Waals surface area contributed by atoms with Crippen LogP contribution in [0.5, 0.6) is 0 Å². The van der Waals surface area contributed by atoms with Gasteiger partial charge in [-0.3, -0.25) is 19.4 Å². The van der Waals surface area contributed by atoms with Gasteiger partial charge in [-0.2, -0.15) is 0 Å². The number of rotatable bonds is 4. The third-order valence-corrected chi connectivity index (χ3v) is 6.75. The van der Waals surface area contributed by atoms with E-state index >= 15 is 0 Å². The lowest BCUT2D eigenvalue weighted by Gasteiger charge is -2.42. The molecular formula is C23H34N4O2. The van der Waals surface area contributed by atoms with Crippen LogP contribution in [0, 0.1) is 5.92 Å². The smallest absolute Gasteiger partial charge is 0.227 e. The number of nitrogens with zero attached hydrogens (tertiary/aromatic N) is 3. The van der Waals surface area contributed by atoms with Crippen molar-refractivity contribution in [2.75, 3.05) is 45.8 Å². The second kappa shape index (κ2) is 9.72. The fourth-order valence-corrected chi connectivity index (χ4v) is 5.07. The molecule has 0 radical (unpaired) electrons. The first-order valence-electron chi connectivity index (χ1n) is 11.2. The number of carbonyl (C=O) groups excluding carboxylic acids is 2. The molecule has 1 aromatic carbocycles. The first kappa shape index (κ1) is 20.4. The molecule has 0 aromatic heterocycles. The number of benzene rings is 1. The highest BCUT2D eigenvalue weighted by atomic mass is 16.2. The number of nitrogens with one attached hydrogen (secondary N) is 1. The standard InChI is InChI=1S/C23H34N4O2/c28-22-10-15-26(16-11-24-22)23(29)20-7-4-12-27(18-20)21-8-13-25(14-9-21)17-19-5-2-1-3-6-19/h1-3,5-6,20-21H,4,7-18H2,(H,24,28)/t20-/m0/s1. The summed E-state index contributed by atoms with van der Waals surface area (Å²) >= 11 is 0. The second-order valence-corrected chi connectivity index (χ2v) is 8.75. The molecule has 6 heteroatoms. The first-order chi connectivity index (χ1) is 14.2. The summed E-state index contributed by atoms with van der Waals surface area (Å²) in [4.78, 5) is 31.7. The van der Waals surface area contributed by atoms with Crippen molar-refractivity contribution in [3.8, 4) is 0 Å². The number of hydrogen-bond acceptors (Lipinski definition) is 4. The fraction of sp³-hybridized carbons (Fsp3) is 0.652. The van der Waals surface area contributed by atoms with Crippen molar-refractivity contribution in [3.63, 3.8) is 0 Å². The first-order valence-corrected chi connectivity index (χ1v) is 11.2. The maximum atomic E-state index is 13.0. The minimum absolute atomic E-state index is 0.0628. The van der Waals surface area contributed by atoms with E-state index in [1.54, 1.807) is 0 Å². The minimum Gasteiger partial charge on any atom is -0.354 e. The van der Waals surface area contributed by atoms with Crippen molar-refractivity contribution >= 4 is 11.8 Å². The quantitative estimate of drug-likeness (QED) is 0.839. The molecule has 3 heterocycles. The molecule has 29 heavy (non-hydrogen) atoms. The van der Waals surface area contributed by atoms with Crippen LogP contribution in [0.25, 0.3) is 0 Å². The summed E-state index contributed by atoms with van der Waals surface area (Å²) in [6.07, 6.45) is 4.90. The molecule has 158 valence electrons. The van der Waals surface area contributed by atoms with Crippen molar-refractivity contribution < 1.29 is 9.59 Å². The second-order valence-electron chi connectivity index (χ2n) is 8.75. The molecule has 0 unspecified atom stereocenters. The van der Waals surface area contributed by atoms with Crippen LogP contribution in [0.2, 0.25) is 0 Å². The van der Waals surface area contributed by atoms with Gasteiger partial charge >= 0.3 is 0 Å². The molecule has 6 nitrogen and oxygen atoms in total. The average molecular weight is 399 g/mol. The number of amides is 2. The Morgan fingerprint density at radius 3 is 2.59 bits per heavy atom. The molecule has 3 saturated heterocycles. The Hall–Kier alpha value is -1.92. The number of likely N-dealkylation sites (tertiary alicyclic amines) is 2. The van der Waals surface area contributed by atoms with Crippen LogP contribution in [-0.4, -0.2) is 78.4 Å². The Morgan fingerprint density at radius 2 is 1.79 bits per heavy atom. The van der Waals surface area contributed by atoms with Crippen LogP contribution >= 0.6 is 0 Å². The van der Waals surface area contributed by atoms with E-state index in [9.17, 15) is 9.59 Å². The molecule has 2 amide bonds. The van der Waals surface area contributed by atoms with Crippen molar-refractivity contribution in [1.29, 1.82) is 0 Å².